The number of benzene rings is 1. The molecule has 0 aliphatic heterocycles. The standard InChI is InChI=1S/C14H16ClFN2/c15-9-14-17-12-6-5-11(16)8-13(12)18(14)7-1-2-10-3-4-10/h5-6,8,10H,1-4,7,9H2. The third-order valence-electron chi connectivity index (χ3n) is 3.60. The van der Waals surface area contributed by atoms with Crippen LogP contribution < -0.4 is 0 Å². The van der Waals surface area contributed by atoms with Gasteiger partial charge in [0.1, 0.15) is 11.6 Å². The lowest BCUT2D eigenvalue weighted by molar-refractivity contribution is 0.574. The second-order valence-corrected chi connectivity index (χ2v) is 5.30. The van der Waals surface area contributed by atoms with Crippen LogP contribution in [-0.4, -0.2) is 9.55 Å². The SMILES string of the molecule is Fc1ccc2nc(CCl)n(CCCC3CC3)c2c1. The Kier molecular flexibility index (Phi) is 3.25. The zero-order valence-corrected chi connectivity index (χ0v) is 11.0. The van der Waals surface area contributed by atoms with Crippen LogP contribution in [-0.2, 0) is 12.4 Å². The largest absolute Gasteiger partial charge is 0.327 e. The number of halogens is 2. The Morgan fingerprint density at radius 1 is 1.39 bits per heavy atom. The van der Waals surface area contributed by atoms with E-state index in [1.54, 1.807) is 12.1 Å². The van der Waals surface area contributed by atoms with Crippen LogP contribution in [0.25, 0.3) is 11.0 Å². The van der Waals surface area contributed by atoms with Crippen molar-refractivity contribution >= 4 is 22.6 Å². The number of alkyl halides is 1. The van der Waals surface area contributed by atoms with Crippen molar-refractivity contribution in [2.45, 2.75) is 38.1 Å². The summed E-state index contributed by atoms with van der Waals surface area (Å²) in [6.45, 7) is 0.887. The molecule has 0 saturated heterocycles. The Labute approximate surface area is 111 Å². The van der Waals surface area contributed by atoms with Gasteiger partial charge in [-0.1, -0.05) is 12.8 Å². The monoisotopic (exact) mass is 266 g/mol. The Hall–Kier alpha value is -1.09. The van der Waals surface area contributed by atoms with Crippen molar-refractivity contribution in [3.05, 3.63) is 29.8 Å². The highest BCUT2D eigenvalue weighted by atomic mass is 35.5. The van der Waals surface area contributed by atoms with E-state index in [1.807, 2.05) is 0 Å². The summed E-state index contributed by atoms with van der Waals surface area (Å²) in [5.41, 5.74) is 1.69. The number of hydrogen-bond donors (Lipinski definition) is 0. The second-order valence-electron chi connectivity index (χ2n) is 5.03. The van der Waals surface area contributed by atoms with Gasteiger partial charge < -0.3 is 4.57 Å². The zero-order chi connectivity index (χ0) is 12.5. The molecular formula is C14H16ClFN2. The molecule has 0 atom stereocenters. The lowest BCUT2D eigenvalue weighted by Gasteiger charge is -2.07. The van der Waals surface area contributed by atoms with Crippen LogP contribution in [0.1, 0.15) is 31.5 Å². The van der Waals surface area contributed by atoms with E-state index in [2.05, 4.69) is 9.55 Å². The number of nitrogens with zero attached hydrogens (tertiary/aromatic N) is 2. The molecule has 0 N–H and O–H groups in total. The maximum Gasteiger partial charge on any atom is 0.125 e. The van der Waals surface area contributed by atoms with Crippen LogP contribution in [0.15, 0.2) is 18.2 Å². The van der Waals surface area contributed by atoms with Crippen LogP contribution in [0, 0.1) is 11.7 Å². The van der Waals surface area contributed by atoms with Gasteiger partial charge in [-0.2, -0.15) is 0 Å². The quantitative estimate of drug-likeness (QED) is 0.745. The van der Waals surface area contributed by atoms with Crippen LogP contribution in [0.5, 0.6) is 0 Å². The van der Waals surface area contributed by atoms with Gasteiger partial charge in [0.05, 0.1) is 16.9 Å². The average molecular weight is 267 g/mol. The number of aryl methyl sites for hydroxylation is 1. The number of rotatable bonds is 5. The van der Waals surface area contributed by atoms with Gasteiger partial charge >= 0.3 is 0 Å². The van der Waals surface area contributed by atoms with Gasteiger partial charge in [-0.3, -0.25) is 0 Å². The van der Waals surface area contributed by atoms with Crippen LogP contribution >= 0.6 is 11.6 Å². The van der Waals surface area contributed by atoms with Crippen molar-refractivity contribution in [2.75, 3.05) is 0 Å². The summed E-state index contributed by atoms with van der Waals surface area (Å²) in [7, 11) is 0. The molecule has 0 bridgehead atoms. The molecular weight excluding hydrogens is 251 g/mol. The fraction of sp³-hybridized carbons (Fsp3) is 0.500. The van der Waals surface area contributed by atoms with Crippen LogP contribution in [0.4, 0.5) is 4.39 Å². The Balaban J connectivity index is 1.87. The summed E-state index contributed by atoms with van der Waals surface area (Å²) in [5.74, 6) is 1.93. The fourth-order valence-electron chi connectivity index (χ4n) is 2.44. The zero-order valence-electron chi connectivity index (χ0n) is 10.2. The highest BCUT2D eigenvalue weighted by Gasteiger charge is 2.20. The summed E-state index contributed by atoms with van der Waals surface area (Å²) in [4.78, 5) is 4.45. The maximum atomic E-state index is 13.3. The van der Waals surface area contributed by atoms with Gasteiger partial charge in [-0.15, -0.1) is 11.6 Å². The molecule has 0 amide bonds. The van der Waals surface area contributed by atoms with E-state index < -0.39 is 0 Å². The molecule has 1 aliphatic rings. The average Bonchev–Trinajstić information content (AvgIpc) is 3.12. The van der Waals surface area contributed by atoms with Crippen molar-refractivity contribution in [3.63, 3.8) is 0 Å². The lowest BCUT2D eigenvalue weighted by Crippen LogP contribution is -2.03. The molecule has 18 heavy (non-hydrogen) atoms. The highest BCUT2D eigenvalue weighted by molar-refractivity contribution is 6.16. The maximum absolute atomic E-state index is 13.3. The molecule has 1 aromatic carbocycles. The predicted octanol–water partition coefficient (Wildman–Crippen LogP) is 4.10. The topological polar surface area (TPSA) is 17.8 Å². The molecule has 3 rings (SSSR count). The number of aromatic nitrogens is 2. The van der Waals surface area contributed by atoms with E-state index >= 15 is 0 Å². The first-order valence-corrected chi connectivity index (χ1v) is 7.02. The summed E-state index contributed by atoms with van der Waals surface area (Å²) in [6.07, 6.45) is 5.14. The van der Waals surface area contributed by atoms with Gasteiger partial charge in [0.2, 0.25) is 0 Å². The van der Waals surface area contributed by atoms with E-state index in [0.717, 1.165) is 35.7 Å². The van der Waals surface area contributed by atoms with Crippen LogP contribution in [0.2, 0.25) is 0 Å². The van der Waals surface area contributed by atoms with E-state index in [4.69, 9.17) is 11.6 Å². The molecule has 1 fully saturated rings. The number of hydrogen-bond acceptors (Lipinski definition) is 1. The molecule has 96 valence electrons. The molecule has 0 unspecified atom stereocenters. The fourth-order valence-corrected chi connectivity index (χ4v) is 2.65. The van der Waals surface area contributed by atoms with Gasteiger partial charge in [0, 0.05) is 6.54 Å². The van der Waals surface area contributed by atoms with Crippen molar-refractivity contribution in [2.24, 2.45) is 5.92 Å². The first-order chi connectivity index (χ1) is 8.78. The summed E-state index contributed by atoms with van der Waals surface area (Å²) in [5, 5.41) is 0. The minimum Gasteiger partial charge on any atom is -0.327 e. The van der Waals surface area contributed by atoms with Gasteiger partial charge in [-0.05, 0) is 37.0 Å². The molecule has 0 spiro atoms. The Bertz CT molecular complexity index is 560. The summed E-state index contributed by atoms with van der Waals surface area (Å²) >= 11 is 5.92. The molecule has 1 aliphatic carbocycles. The summed E-state index contributed by atoms with van der Waals surface area (Å²) in [6, 6.07) is 4.72. The van der Waals surface area contributed by atoms with Gasteiger partial charge in [0.25, 0.3) is 0 Å². The molecule has 4 heteroatoms. The minimum atomic E-state index is -0.216. The first-order valence-electron chi connectivity index (χ1n) is 6.48. The van der Waals surface area contributed by atoms with Crippen molar-refractivity contribution in [3.8, 4) is 0 Å². The highest BCUT2D eigenvalue weighted by Crippen LogP contribution is 2.33. The summed E-state index contributed by atoms with van der Waals surface area (Å²) < 4.78 is 15.4. The Morgan fingerprint density at radius 2 is 2.22 bits per heavy atom. The van der Waals surface area contributed by atoms with E-state index in [9.17, 15) is 4.39 Å². The van der Waals surface area contributed by atoms with Gasteiger partial charge in [-0.25, -0.2) is 9.37 Å². The number of fused-ring (bicyclic) bond motifs is 1. The molecule has 1 aromatic heterocycles. The smallest absolute Gasteiger partial charge is 0.125 e. The second kappa shape index (κ2) is 4.88. The Morgan fingerprint density at radius 3 is 2.94 bits per heavy atom. The van der Waals surface area contributed by atoms with E-state index in [1.165, 1.54) is 25.3 Å². The predicted molar refractivity (Wildman–Crippen MR) is 71.2 cm³/mol. The van der Waals surface area contributed by atoms with Crippen molar-refractivity contribution < 1.29 is 4.39 Å². The molecule has 0 radical (unpaired) electrons. The molecule has 1 heterocycles. The lowest BCUT2D eigenvalue weighted by atomic mass is 10.2. The normalized spacial score (nSPS) is 15.4. The minimum absolute atomic E-state index is 0.216. The van der Waals surface area contributed by atoms with Crippen molar-refractivity contribution in [1.29, 1.82) is 0 Å². The number of imidazole rings is 1. The third-order valence-corrected chi connectivity index (χ3v) is 3.84. The molecule has 2 nitrogen and oxygen atoms in total. The van der Waals surface area contributed by atoms with Gasteiger partial charge in [0.15, 0.2) is 0 Å². The molecule has 1 saturated carbocycles. The van der Waals surface area contributed by atoms with E-state index in [0.29, 0.717) is 5.88 Å². The first kappa shape index (κ1) is 12.0. The molecule has 2 aromatic rings. The van der Waals surface area contributed by atoms with Crippen LogP contribution in [0.3, 0.4) is 0 Å². The third kappa shape index (κ3) is 2.37. The van der Waals surface area contributed by atoms with E-state index in [-0.39, 0.29) is 5.82 Å². The van der Waals surface area contributed by atoms with Crippen molar-refractivity contribution in [1.82, 2.24) is 9.55 Å².